The van der Waals surface area contributed by atoms with Crippen LogP contribution in [-0.2, 0) is 4.79 Å². The van der Waals surface area contributed by atoms with Gasteiger partial charge in [-0.3, -0.25) is 9.59 Å². The average molecular weight is 438 g/mol. The number of nitrogens with zero attached hydrogens (tertiary/aromatic N) is 5. The third kappa shape index (κ3) is 4.40. The van der Waals surface area contributed by atoms with Gasteiger partial charge in [0.25, 0.3) is 5.91 Å². The Labute approximate surface area is 189 Å². The molecule has 1 atom stereocenters. The van der Waals surface area contributed by atoms with Gasteiger partial charge in [0.1, 0.15) is 17.4 Å². The van der Waals surface area contributed by atoms with Crippen molar-refractivity contribution in [2.24, 2.45) is 0 Å². The number of ether oxygens (including phenoxy) is 1. The number of rotatable bonds is 5. The molecule has 2 aliphatic heterocycles. The van der Waals surface area contributed by atoms with Crippen LogP contribution in [0.1, 0.15) is 53.0 Å². The maximum Gasteiger partial charge on any atom is 0.257 e. The van der Waals surface area contributed by atoms with E-state index in [-0.39, 0.29) is 23.7 Å². The zero-order chi connectivity index (χ0) is 22.8. The van der Waals surface area contributed by atoms with Gasteiger partial charge in [-0.15, -0.1) is 0 Å². The Bertz CT molecular complexity index is 1000. The first-order chi connectivity index (χ1) is 15.4. The molecule has 1 aromatic carbocycles. The second-order valence-corrected chi connectivity index (χ2v) is 8.85. The van der Waals surface area contributed by atoms with Gasteiger partial charge in [-0.05, 0) is 25.0 Å². The Morgan fingerprint density at radius 2 is 1.84 bits per heavy atom. The zero-order valence-electron chi connectivity index (χ0n) is 19.2. The van der Waals surface area contributed by atoms with E-state index in [1.165, 1.54) is 0 Å². The third-order valence-electron chi connectivity index (χ3n) is 6.45. The number of likely N-dealkylation sites (tertiary alicyclic amines) is 2. The highest BCUT2D eigenvalue weighted by Gasteiger charge is 2.32. The monoisotopic (exact) mass is 437 g/mol. The number of amides is 2. The lowest BCUT2D eigenvalue weighted by Crippen LogP contribution is -2.38. The smallest absolute Gasteiger partial charge is 0.257 e. The van der Waals surface area contributed by atoms with E-state index >= 15 is 0 Å². The van der Waals surface area contributed by atoms with Crippen LogP contribution in [0.4, 0.5) is 5.82 Å². The number of methoxy groups -OCH3 is 1. The highest BCUT2D eigenvalue weighted by molar-refractivity contribution is 5.97. The lowest BCUT2D eigenvalue weighted by molar-refractivity contribution is -0.126. The molecule has 0 unspecified atom stereocenters. The van der Waals surface area contributed by atoms with E-state index in [2.05, 4.69) is 0 Å². The number of hydrogen-bond donors (Lipinski definition) is 0. The van der Waals surface area contributed by atoms with Gasteiger partial charge in [0.2, 0.25) is 5.91 Å². The lowest BCUT2D eigenvalue weighted by Gasteiger charge is -2.32. The zero-order valence-corrected chi connectivity index (χ0v) is 19.2. The quantitative estimate of drug-likeness (QED) is 0.715. The van der Waals surface area contributed by atoms with Crippen molar-refractivity contribution in [2.45, 2.75) is 31.1 Å². The van der Waals surface area contributed by atoms with Crippen molar-refractivity contribution in [3.8, 4) is 5.75 Å². The summed E-state index contributed by atoms with van der Waals surface area (Å²) in [4.78, 5) is 40.4. The van der Waals surface area contributed by atoms with E-state index in [9.17, 15) is 9.59 Å². The molecule has 8 heteroatoms. The van der Waals surface area contributed by atoms with Gasteiger partial charge in [-0.25, -0.2) is 9.97 Å². The number of carbonyl (C=O) groups is 2. The first-order valence-electron chi connectivity index (χ1n) is 11.1. The molecular formula is C24H31N5O3. The van der Waals surface area contributed by atoms with Crippen LogP contribution in [0, 0.1) is 0 Å². The Morgan fingerprint density at radius 3 is 2.47 bits per heavy atom. The predicted molar refractivity (Wildman–Crippen MR) is 122 cm³/mol. The Hall–Kier alpha value is -3.16. The van der Waals surface area contributed by atoms with Crippen molar-refractivity contribution < 1.29 is 14.3 Å². The fourth-order valence-electron chi connectivity index (χ4n) is 4.49. The van der Waals surface area contributed by atoms with Crippen LogP contribution in [0.15, 0.2) is 30.3 Å². The van der Waals surface area contributed by atoms with Crippen LogP contribution >= 0.6 is 0 Å². The minimum atomic E-state index is -0.00273. The molecule has 0 N–H and O–H groups in total. The molecule has 0 saturated carbocycles. The molecule has 8 nitrogen and oxygen atoms in total. The summed E-state index contributed by atoms with van der Waals surface area (Å²) >= 11 is 0. The number of aromatic nitrogens is 2. The van der Waals surface area contributed by atoms with Crippen molar-refractivity contribution in [2.75, 3.05) is 52.8 Å². The Morgan fingerprint density at radius 1 is 1.12 bits per heavy atom. The fraction of sp³-hybridized carbons (Fsp3) is 0.500. The van der Waals surface area contributed by atoms with Crippen LogP contribution in [0.3, 0.4) is 0 Å². The van der Waals surface area contributed by atoms with Crippen LogP contribution < -0.4 is 9.64 Å². The van der Waals surface area contributed by atoms with Crippen molar-refractivity contribution in [3.63, 3.8) is 0 Å². The summed E-state index contributed by atoms with van der Waals surface area (Å²) in [6, 6.07) is 9.34. The molecule has 32 heavy (non-hydrogen) atoms. The molecule has 0 bridgehead atoms. The van der Waals surface area contributed by atoms with Crippen molar-refractivity contribution >= 4 is 17.6 Å². The first kappa shape index (κ1) is 22.0. The largest absolute Gasteiger partial charge is 0.496 e. The van der Waals surface area contributed by atoms with Crippen LogP contribution in [0.25, 0.3) is 0 Å². The number of anilines is 1. The van der Waals surface area contributed by atoms with Gasteiger partial charge in [-0.2, -0.15) is 0 Å². The highest BCUT2D eigenvalue weighted by atomic mass is 16.5. The second kappa shape index (κ2) is 9.14. The van der Waals surface area contributed by atoms with Crippen molar-refractivity contribution in [1.29, 1.82) is 0 Å². The van der Waals surface area contributed by atoms with Gasteiger partial charge >= 0.3 is 0 Å². The number of piperidine rings is 1. The highest BCUT2D eigenvalue weighted by Crippen LogP contribution is 2.32. The normalized spacial score (nSPS) is 19.4. The molecule has 2 saturated heterocycles. The van der Waals surface area contributed by atoms with E-state index < -0.39 is 0 Å². The minimum Gasteiger partial charge on any atom is -0.496 e. The van der Waals surface area contributed by atoms with E-state index in [0.29, 0.717) is 37.4 Å². The number of para-hydroxylation sites is 1. The Balaban J connectivity index is 1.50. The molecule has 170 valence electrons. The molecule has 4 rings (SSSR count). The average Bonchev–Trinajstić information content (AvgIpc) is 3.16. The summed E-state index contributed by atoms with van der Waals surface area (Å²) in [5.74, 6) is 2.71. The van der Waals surface area contributed by atoms with Crippen LogP contribution in [0.2, 0.25) is 0 Å². The number of likely N-dealkylation sites (N-methyl/N-ethyl adjacent to an activating group) is 1. The van der Waals surface area contributed by atoms with Gasteiger partial charge in [0.05, 0.1) is 18.4 Å². The SMILES string of the molecule is COc1ccccc1C(=O)N1CCC(c2nc([C@@H]3CC(=O)N(C)C3)cc(N(C)C)n2)CC1. The van der Waals surface area contributed by atoms with Crippen LogP contribution in [-0.4, -0.2) is 79.5 Å². The lowest BCUT2D eigenvalue weighted by atomic mass is 9.94. The van der Waals surface area contributed by atoms with Gasteiger partial charge < -0.3 is 19.4 Å². The number of carbonyl (C=O) groups excluding carboxylic acids is 2. The predicted octanol–water partition coefficient (Wildman–Crippen LogP) is 2.52. The molecule has 2 aliphatic rings. The van der Waals surface area contributed by atoms with Crippen molar-refractivity contribution in [3.05, 3.63) is 47.4 Å². The molecule has 1 aromatic heterocycles. The van der Waals surface area contributed by atoms with Crippen molar-refractivity contribution in [1.82, 2.24) is 19.8 Å². The van der Waals surface area contributed by atoms with E-state index in [1.807, 2.05) is 61.3 Å². The second-order valence-electron chi connectivity index (χ2n) is 8.85. The summed E-state index contributed by atoms with van der Waals surface area (Å²) < 4.78 is 5.36. The molecule has 2 amide bonds. The minimum absolute atomic E-state index is 0.00273. The van der Waals surface area contributed by atoms with Gasteiger partial charge in [0.15, 0.2) is 0 Å². The van der Waals surface area contributed by atoms with Gasteiger partial charge in [0, 0.05) is 65.1 Å². The molecule has 0 radical (unpaired) electrons. The molecule has 0 spiro atoms. The summed E-state index contributed by atoms with van der Waals surface area (Å²) in [6.45, 7) is 1.99. The summed E-state index contributed by atoms with van der Waals surface area (Å²) in [7, 11) is 7.36. The summed E-state index contributed by atoms with van der Waals surface area (Å²) in [5, 5.41) is 0. The standard InChI is InChI=1S/C24H31N5O3/c1-27(2)21-14-19(17-13-22(30)28(3)15-17)25-23(26-21)16-9-11-29(12-10-16)24(31)18-7-5-6-8-20(18)32-4/h5-8,14,16-17H,9-13,15H2,1-4H3/t17-/m1/s1. The molecular weight excluding hydrogens is 406 g/mol. The maximum atomic E-state index is 13.0. The topological polar surface area (TPSA) is 78.9 Å². The fourth-order valence-corrected chi connectivity index (χ4v) is 4.49. The van der Waals surface area contributed by atoms with E-state index in [1.54, 1.807) is 12.0 Å². The molecule has 0 aliphatic carbocycles. The first-order valence-corrected chi connectivity index (χ1v) is 11.1. The van der Waals surface area contributed by atoms with E-state index in [0.717, 1.165) is 30.2 Å². The van der Waals surface area contributed by atoms with E-state index in [4.69, 9.17) is 14.7 Å². The number of hydrogen-bond acceptors (Lipinski definition) is 6. The number of benzene rings is 1. The summed E-state index contributed by atoms with van der Waals surface area (Å²) in [5.41, 5.74) is 1.53. The summed E-state index contributed by atoms with van der Waals surface area (Å²) in [6.07, 6.45) is 2.10. The van der Waals surface area contributed by atoms with Crippen LogP contribution in [0.5, 0.6) is 5.75 Å². The maximum absolute atomic E-state index is 13.0. The molecule has 3 heterocycles. The molecule has 2 fully saturated rings. The van der Waals surface area contributed by atoms with Gasteiger partial charge in [-0.1, -0.05) is 12.1 Å². The third-order valence-corrected chi connectivity index (χ3v) is 6.45. The molecule has 2 aromatic rings. The Kier molecular flexibility index (Phi) is 6.30.